The summed E-state index contributed by atoms with van der Waals surface area (Å²) >= 11 is 15.5. The Morgan fingerprint density at radius 3 is 2.53 bits per heavy atom. The molecule has 0 N–H and O–H groups in total. The van der Waals surface area contributed by atoms with Crippen LogP contribution in [-0.2, 0) is 0 Å². The van der Waals surface area contributed by atoms with Crippen molar-refractivity contribution in [2.24, 2.45) is 0 Å². The summed E-state index contributed by atoms with van der Waals surface area (Å²) in [5.74, 6) is 0.197. The molecular weight excluding hydrogens is 354 g/mol. The van der Waals surface area contributed by atoms with Gasteiger partial charge < -0.3 is 4.74 Å². The third-order valence-corrected chi connectivity index (χ3v) is 3.90. The summed E-state index contributed by atoms with van der Waals surface area (Å²) < 4.78 is 19.8. The van der Waals surface area contributed by atoms with Gasteiger partial charge in [0.1, 0.15) is 11.6 Å². The van der Waals surface area contributed by atoms with E-state index in [1.165, 1.54) is 13.2 Å². The Hall–Kier alpha value is -0.770. The van der Waals surface area contributed by atoms with Crippen molar-refractivity contribution in [1.29, 1.82) is 0 Å². The first kappa shape index (κ1) is 14.6. The smallest absolute Gasteiger partial charge is 0.129 e. The van der Waals surface area contributed by atoms with Crippen LogP contribution in [0.5, 0.6) is 5.75 Å². The molecule has 0 radical (unpaired) electrons. The molecule has 2 aromatic carbocycles. The van der Waals surface area contributed by atoms with Crippen LogP contribution in [0.1, 0.15) is 16.5 Å². The lowest BCUT2D eigenvalue weighted by molar-refractivity contribution is 0.410. The van der Waals surface area contributed by atoms with E-state index in [0.29, 0.717) is 26.4 Å². The molecule has 5 heteroatoms. The number of hydrogen-bond acceptors (Lipinski definition) is 1. The van der Waals surface area contributed by atoms with Crippen molar-refractivity contribution in [2.45, 2.75) is 5.38 Å². The summed E-state index contributed by atoms with van der Waals surface area (Å²) in [6, 6.07) is 9.85. The topological polar surface area (TPSA) is 9.23 Å². The Kier molecular flexibility index (Phi) is 4.71. The maximum atomic E-state index is 13.9. The Morgan fingerprint density at radius 2 is 1.89 bits per heavy atom. The molecule has 1 nitrogen and oxygen atoms in total. The van der Waals surface area contributed by atoms with Crippen molar-refractivity contribution in [3.05, 3.63) is 62.8 Å². The fraction of sp³-hybridized carbons (Fsp3) is 0.143. The summed E-state index contributed by atoms with van der Waals surface area (Å²) in [6.45, 7) is 0. The van der Waals surface area contributed by atoms with Gasteiger partial charge in [0.25, 0.3) is 0 Å². The van der Waals surface area contributed by atoms with E-state index in [-0.39, 0.29) is 5.82 Å². The molecule has 0 amide bonds. The minimum Gasteiger partial charge on any atom is -0.496 e. The van der Waals surface area contributed by atoms with E-state index in [4.69, 9.17) is 27.9 Å². The molecule has 0 aliphatic heterocycles. The summed E-state index contributed by atoms with van der Waals surface area (Å²) in [5, 5.41) is -0.138. The second kappa shape index (κ2) is 6.12. The highest BCUT2D eigenvalue weighted by atomic mass is 79.9. The van der Waals surface area contributed by atoms with Gasteiger partial charge in [-0.2, -0.15) is 0 Å². The summed E-state index contributed by atoms with van der Waals surface area (Å²) in [4.78, 5) is 0. The van der Waals surface area contributed by atoms with Gasteiger partial charge in [-0.3, -0.25) is 0 Å². The Bertz CT molecular complexity index is 604. The van der Waals surface area contributed by atoms with Crippen LogP contribution in [-0.4, -0.2) is 7.11 Å². The first-order chi connectivity index (χ1) is 9.02. The average molecular weight is 364 g/mol. The number of alkyl halides is 1. The second-order valence-corrected chi connectivity index (χ2v) is 5.70. The van der Waals surface area contributed by atoms with Crippen LogP contribution < -0.4 is 4.74 Å². The van der Waals surface area contributed by atoms with E-state index in [1.54, 1.807) is 30.3 Å². The molecule has 0 spiro atoms. The van der Waals surface area contributed by atoms with Crippen molar-refractivity contribution in [1.82, 2.24) is 0 Å². The molecule has 0 fully saturated rings. The molecule has 1 atom stereocenters. The quantitative estimate of drug-likeness (QED) is 0.647. The highest BCUT2D eigenvalue weighted by molar-refractivity contribution is 9.10. The number of ether oxygens (including phenoxy) is 1. The van der Waals surface area contributed by atoms with Crippen molar-refractivity contribution >= 4 is 39.1 Å². The molecule has 0 heterocycles. The highest BCUT2D eigenvalue weighted by Gasteiger charge is 2.19. The van der Waals surface area contributed by atoms with Gasteiger partial charge in [0, 0.05) is 20.6 Å². The van der Waals surface area contributed by atoms with E-state index in [0.717, 1.165) is 0 Å². The monoisotopic (exact) mass is 362 g/mol. The molecule has 100 valence electrons. The van der Waals surface area contributed by atoms with Gasteiger partial charge in [-0.1, -0.05) is 33.6 Å². The lowest BCUT2D eigenvalue weighted by atomic mass is 10.0. The van der Waals surface area contributed by atoms with E-state index in [9.17, 15) is 4.39 Å². The zero-order valence-electron chi connectivity index (χ0n) is 9.96. The number of rotatable bonds is 3. The molecule has 2 rings (SSSR count). The predicted octanol–water partition coefficient (Wildman–Crippen LogP) is 5.58. The molecule has 0 aliphatic carbocycles. The van der Waals surface area contributed by atoms with Gasteiger partial charge in [0.15, 0.2) is 0 Å². The van der Waals surface area contributed by atoms with Crippen molar-refractivity contribution < 1.29 is 9.13 Å². The first-order valence-electron chi connectivity index (χ1n) is 5.45. The zero-order valence-corrected chi connectivity index (χ0v) is 13.1. The van der Waals surface area contributed by atoms with Crippen LogP contribution in [0.25, 0.3) is 0 Å². The summed E-state index contributed by atoms with van der Waals surface area (Å²) in [6.07, 6.45) is 0. The lowest BCUT2D eigenvalue weighted by Gasteiger charge is -2.15. The maximum absolute atomic E-state index is 13.9. The number of hydrogen-bond donors (Lipinski definition) is 0. The second-order valence-electron chi connectivity index (χ2n) is 3.91. The number of benzene rings is 2. The fourth-order valence-electron chi connectivity index (χ4n) is 1.78. The molecule has 19 heavy (non-hydrogen) atoms. The van der Waals surface area contributed by atoms with Gasteiger partial charge >= 0.3 is 0 Å². The minimum atomic E-state index is -0.665. The van der Waals surface area contributed by atoms with E-state index < -0.39 is 5.38 Å². The summed E-state index contributed by atoms with van der Waals surface area (Å²) in [7, 11) is 1.54. The van der Waals surface area contributed by atoms with E-state index >= 15 is 0 Å². The molecule has 0 aliphatic rings. The standard InChI is InChI=1S/C14H10BrCl2FO/c1-19-13-5-3-9(16)7-11(13)14(17)10-4-2-8(15)6-12(10)18/h2-7,14H,1H3. The molecule has 0 aromatic heterocycles. The third kappa shape index (κ3) is 3.22. The van der Waals surface area contributed by atoms with Gasteiger partial charge in [-0.25, -0.2) is 4.39 Å². The Balaban J connectivity index is 2.49. The first-order valence-corrected chi connectivity index (χ1v) is 7.06. The lowest BCUT2D eigenvalue weighted by Crippen LogP contribution is -2.00. The molecule has 1 unspecified atom stereocenters. The Labute approximate surface area is 129 Å². The van der Waals surface area contributed by atoms with Crippen molar-refractivity contribution in [3.8, 4) is 5.75 Å². The van der Waals surface area contributed by atoms with Crippen LogP contribution in [0.3, 0.4) is 0 Å². The van der Waals surface area contributed by atoms with Crippen LogP contribution >= 0.6 is 39.1 Å². The van der Waals surface area contributed by atoms with Gasteiger partial charge in [-0.05, 0) is 30.3 Å². The van der Waals surface area contributed by atoms with E-state index in [2.05, 4.69) is 15.9 Å². The molecule has 0 saturated carbocycles. The van der Waals surface area contributed by atoms with Gasteiger partial charge in [0.2, 0.25) is 0 Å². The molecular formula is C14H10BrCl2FO. The minimum absolute atomic E-state index is 0.378. The van der Waals surface area contributed by atoms with Gasteiger partial charge in [-0.15, -0.1) is 11.6 Å². The van der Waals surface area contributed by atoms with Gasteiger partial charge in [0.05, 0.1) is 12.5 Å². The zero-order chi connectivity index (χ0) is 14.0. The van der Waals surface area contributed by atoms with Crippen LogP contribution in [0.15, 0.2) is 40.9 Å². The highest BCUT2D eigenvalue weighted by Crippen LogP contribution is 2.38. The molecule has 2 aromatic rings. The van der Waals surface area contributed by atoms with Crippen LogP contribution in [0.4, 0.5) is 4.39 Å². The third-order valence-electron chi connectivity index (χ3n) is 2.70. The summed E-state index contributed by atoms with van der Waals surface area (Å²) in [5.41, 5.74) is 1.02. The molecule has 0 saturated heterocycles. The maximum Gasteiger partial charge on any atom is 0.129 e. The predicted molar refractivity (Wildman–Crippen MR) is 79.8 cm³/mol. The Morgan fingerprint density at radius 1 is 1.16 bits per heavy atom. The number of halogens is 4. The largest absolute Gasteiger partial charge is 0.496 e. The van der Waals surface area contributed by atoms with Crippen LogP contribution in [0, 0.1) is 5.82 Å². The van der Waals surface area contributed by atoms with Crippen LogP contribution in [0.2, 0.25) is 5.02 Å². The fourth-order valence-corrected chi connectivity index (χ4v) is 2.64. The van der Waals surface area contributed by atoms with Crippen molar-refractivity contribution in [3.63, 3.8) is 0 Å². The average Bonchev–Trinajstić information content (AvgIpc) is 2.38. The van der Waals surface area contributed by atoms with E-state index in [1.807, 2.05) is 0 Å². The van der Waals surface area contributed by atoms with Crippen molar-refractivity contribution in [2.75, 3.05) is 7.11 Å². The normalized spacial score (nSPS) is 12.3. The molecule has 0 bridgehead atoms. The SMILES string of the molecule is COc1ccc(Cl)cc1C(Cl)c1ccc(Br)cc1F. The number of methoxy groups -OCH3 is 1.